The lowest BCUT2D eigenvalue weighted by Gasteiger charge is -2.46. The maximum absolute atomic E-state index is 13.0. The van der Waals surface area contributed by atoms with E-state index in [-0.39, 0.29) is 38.5 Å². The molecule has 3 saturated heterocycles. The second-order valence-electron chi connectivity index (χ2n) is 14.2. The van der Waals surface area contributed by atoms with Crippen LogP contribution in [0.25, 0.3) is 0 Å². The fourth-order valence-electron chi connectivity index (χ4n) is 7.25. The molecule has 20 nitrogen and oxygen atoms in total. The van der Waals surface area contributed by atoms with Gasteiger partial charge in [-0.15, -0.1) is 0 Å². The van der Waals surface area contributed by atoms with Gasteiger partial charge in [0, 0.05) is 44.6 Å². The van der Waals surface area contributed by atoms with Crippen molar-refractivity contribution in [3.8, 4) is 0 Å². The molecule has 5 fully saturated rings. The first-order valence-corrected chi connectivity index (χ1v) is 17.3. The van der Waals surface area contributed by atoms with Crippen LogP contribution in [0.5, 0.6) is 0 Å². The van der Waals surface area contributed by atoms with E-state index in [2.05, 4.69) is 5.32 Å². The average molecular weight is 725 g/mol. The van der Waals surface area contributed by atoms with Gasteiger partial charge in [0.25, 0.3) is 0 Å². The summed E-state index contributed by atoms with van der Waals surface area (Å²) in [7, 11) is 0. The lowest BCUT2D eigenvalue weighted by molar-refractivity contribution is -0.292. The van der Waals surface area contributed by atoms with E-state index in [9.17, 15) is 35.4 Å². The Morgan fingerprint density at radius 2 is 1.46 bits per heavy atom. The highest BCUT2D eigenvalue weighted by Gasteiger charge is 2.59. The molecule has 2 unspecified atom stereocenters. The first-order valence-electron chi connectivity index (χ1n) is 17.3. The number of aliphatic hydroxyl groups excluding tert-OH is 6. The molecule has 19 atom stereocenters. The Morgan fingerprint density at radius 1 is 0.800 bits per heavy atom. The van der Waals surface area contributed by atoms with E-state index in [1.807, 2.05) is 0 Å². The van der Waals surface area contributed by atoms with E-state index in [0.717, 1.165) is 0 Å². The van der Waals surface area contributed by atoms with Crippen molar-refractivity contribution in [1.29, 1.82) is 0 Å². The predicted molar refractivity (Wildman–Crippen MR) is 169 cm³/mol. The van der Waals surface area contributed by atoms with Crippen molar-refractivity contribution in [2.75, 3.05) is 32.8 Å². The number of aliphatic hydroxyl groups is 7. The minimum atomic E-state index is -1.69. The summed E-state index contributed by atoms with van der Waals surface area (Å²) < 4.78 is 36.0. The number of hydrogen-bond acceptors (Lipinski definition) is 20. The SMILES string of the molecule is NC[C@@H]1O[C@H](O[C@H]2[C@@H](O)[C@H](O[C@@H]3[C@@H](O)[C@H](CC(=O)C4(O)CC4N)C[C@H](N)[C@H]3O[C@H]3O[C@H](CNCCO)CC[C@H]3N)O[C@@H]2CO)[C@H](N)[C@@H](O)[C@@H]1O. The number of rotatable bonds is 15. The molecular formula is C30H56N6O14. The van der Waals surface area contributed by atoms with Crippen molar-refractivity contribution in [1.82, 2.24) is 5.32 Å². The topological polar surface area (TPSA) is 356 Å². The molecule has 0 bridgehead atoms. The van der Waals surface area contributed by atoms with Crippen LogP contribution in [0.4, 0.5) is 0 Å². The Balaban J connectivity index is 1.33. The molecule has 3 aliphatic heterocycles. The van der Waals surface area contributed by atoms with Crippen molar-refractivity contribution in [3.63, 3.8) is 0 Å². The highest BCUT2D eigenvalue weighted by Crippen LogP contribution is 2.41. The molecule has 50 heavy (non-hydrogen) atoms. The van der Waals surface area contributed by atoms with Crippen LogP contribution in [0.3, 0.4) is 0 Å². The van der Waals surface area contributed by atoms with Crippen LogP contribution in [-0.4, -0.2) is 184 Å². The van der Waals surface area contributed by atoms with Crippen LogP contribution in [0.15, 0.2) is 0 Å². The maximum atomic E-state index is 13.0. The lowest BCUT2D eigenvalue weighted by Crippen LogP contribution is -2.64. The van der Waals surface area contributed by atoms with Crippen LogP contribution in [0.1, 0.15) is 32.1 Å². The van der Waals surface area contributed by atoms with Gasteiger partial charge in [-0.3, -0.25) is 4.79 Å². The lowest BCUT2D eigenvalue weighted by atomic mass is 9.76. The summed E-state index contributed by atoms with van der Waals surface area (Å²) in [6.45, 7) is -0.0965. The zero-order valence-electron chi connectivity index (χ0n) is 27.8. The van der Waals surface area contributed by atoms with Crippen molar-refractivity contribution in [2.45, 2.75) is 142 Å². The summed E-state index contributed by atoms with van der Waals surface area (Å²) in [5, 5.41) is 76.6. The third-order valence-corrected chi connectivity index (χ3v) is 10.5. The van der Waals surface area contributed by atoms with Gasteiger partial charge in [0.2, 0.25) is 0 Å². The Hall–Kier alpha value is -1.09. The predicted octanol–water partition coefficient (Wildman–Crippen LogP) is -7.50. The normalized spacial score (nSPS) is 49.6. The number of carbonyl (C=O) groups is 1. The molecule has 0 aromatic rings. The quantitative estimate of drug-likeness (QED) is 0.0697. The van der Waals surface area contributed by atoms with E-state index < -0.39 is 122 Å². The number of nitrogens with one attached hydrogen (secondary N) is 1. The monoisotopic (exact) mass is 724 g/mol. The molecule has 0 spiro atoms. The van der Waals surface area contributed by atoms with Crippen LogP contribution >= 0.6 is 0 Å². The summed E-state index contributed by atoms with van der Waals surface area (Å²) >= 11 is 0. The Labute approximate surface area is 289 Å². The molecule has 5 aliphatic rings. The third-order valence-electron chi connectivity index (χ3n) is 10.5. The molecule has 18 N–H and O–H groups in total. The Morgan fingerprint density at radius 3 is 2.10 bits per heavy atom. The van der Waals surface area contributed by atoms with Crippen LogP contribution in [-0.2, 0) is 33.2 Å². The van der Waals surface area contributed by atoms with Gasteiger partial charge in [0.15, 0.2) is 24.7 Å². The first kappa shape index (κ1) is 40.1. The molecular weight excluding hydrogens is 668 g/mol. The number of hydrogen-bond donors (Lipinski definition) is 13. The van der Waals surface area contributed by atoms with Crippen LogP contribution in [0, 0.1) is 5.92 Å². The summed E-state index contributed by atoms with van der Waals surface area (Å²) in [5.74, 6) is -1.36. The van der Waals surface area contributed by atoms with Gasteiger partial charge >= 0.3 is 0 Å². The molecule has 20 heteroatoms. The molecule has 2 saturated carbocycles. The van der Waals surface area contributed by atoms with E-state index in [1.54, 1.807) is 0 Å². The number of Topliss-reactive ketones (excluding diaryl/α,β-unsaturated/α-hetero) is 1. The van der Waals surface area contributed by atoms with Gasteiger partial charge in [-0.1, -0.05) is 0 Å². The first-order chi connectivity index (χ1) is 23.7. The molecule has 3 heterocycles. The summed E-state index contributed by atoms with van der Waals surface area (Å²) in [6.07, 6.45) is -15.1. The van der Waals surface area contributed by atoms with Crippen molar-refractivity contribution in [3.05, 3.63) is 0 Å². The van der Waals surface area contributed by atoms with Crippen molar-refractivity contribution in [2.24, 2.45) is 34.6 Å². The number of carbonyl (C=O) groups excluding carboxylic acids is 1. The molecule has 2 aliphatic carbocycles. The molecule has 0 amide bonds. The maximum Gasteiger partial charge on any atom is 0.187 e. The zero-order chi connectivity index (χ0) is 36.5. The van der Waals surface area contributed by atoms with E-state index in [4.69, 9.17) is 62.2 Å². The van der Waals surface area contributed by atoms with Crippen LogP contribution < -0.4 is 34.0 Å². The Bertz CT molecular complexity index is 1120. The second-order valence-corrected chi connectivity index (χ2v) is 14.2. The number of ether oxygens (including phenoxy) is 6. The minimum absolute atomic E-state index is 0.0507. The minimum Gasteiger partial charge on any atom is -0.395 e. The molecule has 0 radical (unpaired) electrons. The largest absolute Gasteiger partial charge is 0.395 e. The van der Waals surface area contributed by atoms with Gasteiger partial charge in [-0.25, -0.2) is 0 Å². The Kier molecular flexibility index (Phi) is 13.6. The smallest absolute Gasteiger partial charge is 0.187 e. The summed E-state index contributed by atoms with van der Waals surface area (Å²) in [5.41, 5.74) is 28.8. The fraction of sp³-hybridized carbons (Fsp3) is 0.967. The van der Waals surface area contributed by atoms with Gasteiger partial charge in [-0.2, -0.15) is 0 Å². The summed E-state index contributed by atoms with van der Waals surface area (Å²) in [4.78, 5) is 13.0. The third kappa shape index (κ3) is 8.49. The second kappa shape index (κ2) is 16.9. The van der Waals surface area contributed by atoms with E-state index >= 15 is 0 Å². The standard InChI is InChI=1S/C30H56N6O14/c31-8-15-21(41)22(42)19(35)28(46-15)49-25-16(10-38)47-29(23(25)43)50-26-20(40)11(6-18(39)30(44)7-17(30)34)5-14(33)24(26)48-27-13(32)2-1-12(45-27)9-36-3-4-37/h11-17,19-29,36-38,40-44H,1-10,31-35H2/t11-,12-,13+,14-,15-,16+,17?,19+,20-,21+,22+,23+,24+,25+,26+,27+,28+,29-,30?/m0/s1. The molecule has 0 aromatic carbocycles. The van der Waals surface area contributed by atoms with Crippen LogP contribution in [0.2, 0.25) is 0 Å². The van der Waals surface area contributed by atoms with Gasteiger partial charge in [0.05, 0.1) is 37.5 Å². The van der Waals surface area contributed by atoms with Gasteiger partial charge in [0.1, 0.15) is 54.4 Å². The zero-order valence-corrected chi connectivity index (χ0v) is 27.8. The van der Waals surface area contributed by atoms with Gasteiger partial charge < -0.3 is 98.2 Å². The van der Waals surface area contributed by atoms with Crippen molar-refractivity contribution >= 4 is 5.78 Å². The summed E-state index contributed by atoms with van der Waals surface area (Å²) in [6, 6.07) is -3.40. The van der Waals surface area contributed by atoms with Crippen molar-refractivity contribution < 1.29 is 69.0 Å². The average Bonchev–Trinajstić information content (AvgIpc) is 3.61. The van der Waals surface area contributed by atoms with E-state index in [0.29, 0.717) is 25.9 Å². The number of nitrogens with two attached hydrogens (primary N) is 5. The fourth-order valence-corrected chi connectivity index (χ4v) is 7.25. The highest BCUT2D eigenvalue weighted by atomic mass is 16.8. The number of ketones is 1. The molecule has 290 valence electrons. The highest BCUT2D eigenvalue weighted by molar-refractivity contribution is 5.91. The van der Waals surface area contributed by atoms with Gasteiger partial charge in [-0.05, 0) is 25.2 Å². The van der Waals surface area contributed by atoms with E-state index in [1.165, 1.54) is 0 Å². The molecule has 5 rings (SSSR count). The molecule has 0 aromatic heterocycles.